The van der Waals surface area contributed by atoms with E-state index in [0.717, 1.165) is 11.8 Å². The number of halogens is 3. The molecule has 0 unspecified atom stereocenters. The molecule has 0 spiro atoms. The molecule has 0 aliphatic carbocycles. The molecule has 0 radical (unpaired) electrons. The van der Waals surface area contributed by atoms with Gasteiger partial charge >= 0.3 is 12.3 Å². The van der Waals surface area contributed by atoms with E-state index in [0.29, 0.717) is 38.3 Å². The maximum absolute atomic E-state index is 13.2. The number of nitrogens with zero attached hydrogens (tertiary/aromatic N) is 3. The number of carbonyl (C=O) groups excluding carboxylic acids is 2. The van der Waals surface area contributed by atoms with Crippen molar-refractivity contribution in [3.63, 3.8) is 0 Å². The molecule has 1 fully saturated rings. The lowest BCUT2D eigenvalue weighted by Crippen LogP contribution is -2.49. The van der Waals surface area contributed by atoms with Crippen LogP contribution in [0, 0.1) is 0 Å². The van der Waals surface area contributed by atoms with Crippen molar-refractivity contribution in [1.29, 1.82) is 0 Å². The molecule has 1 aliphatic heterocycles. The third-order valence-corrected chi connectivity index (χ3v) is 5.19. The van der Waals surface area contributed by atoms with Crippen LogP contribution >= 0.6 is 0 Å². The molecule has 2 heterocycles. The Kier molecular flexibility index (Phi) is 7.41. The van der Waals surface area contributed by atoms with Gasteiger partial charge in [-0.05, 0) is 38.5 Å². The van der Waals surface area contributed by atoms with E-state index >= 15 is 0 Å². The predicted octanol–water partition coefficient (Wildman–Crippen LogP) is 4.58. The van der Waals surface area contributed by atoms with Gasteiger partial charge in [-0.15, -0.1) is 0 Å². The van der Waals surface area contributed by atoms with Gasteiger partial charge in [0.15, 0.2) is 5.78 Å². The molecule has 6 nitrogen and oxygen atoms in total. The second-order valence-corrected chi connectivity index (χ2v) is 9.04. The fraction of sp³-hybridized carbons (Fsp3) is 0.458. The van der Waals surface area contributed by atoms with Gasteiger partial charge in [-0.2, -0.15) is 13.2 Å². The Morgan fingerprint density at radius 3 is 2.24 bits per heavy atom. The lowest BCUT2D eigenvalue weighted by molar-refractivity contribution is -0.137. The fourth-order valence-corrected chi connectivity index (χ4v) is 3.55. The number of ketones is 1. The van der Waals surface area contributed by atoms with E-state index in [1.54, 1.807) is 17.0 Å². The van der Waals surface area contributed by atoms with Gasteiger partial charge in [-0.3, -0.25) is 14.7 Å². The van der Waals surface area contributed by atoms with Crippen molar-refractivity contribution in [3.05, 3.63) is 65.0 Å². The molecule has 1 saturated heterocycles. The van der Waals surface area contributed by atoms with E-state index in [1.165, 1.54) is 24.4 Å². The molecule has 178 valence electrons. The molecular formula is C24H28F3N3O3. The molecule has 0 N–H and O–H groups in total. The molecule has 1 aromatic carbocycles. The fourth-order valence-electron chi connectivity index (χ4n) is 3.55. The van der Waals surface area contributed by atoms with Gasteiger partial charge in [0.1, 0.15) is 5.60 Å². The predicted molar refractivity (Wildman–Crippen MR) is 117 cm³/mol. The number of piperazine rings is 1. The minimum atomic E-state index is -4.58. The number of alkyl halides is 3. The maximum Gasteiger partial charge on any atom is 0.417 e. The molecule has 1 aromatic heterocycles. The highest BCUT2D eigenvalue weighted by Crippen LogP contribution is 2.32. The van der Waals surface area contributed by atoms with Gasteiger partial charge in [0.2, 0.25) is 0 Å². The number of rotatable bonds is 5. The van der Waals surface area contributed by atoms with Gasteiger partial charge in [0.25, 0.3) is 0 Å². The van der Waals surface area contributed by atoms with Crippen LogP contribution in [0.3, 0.4) is 0 Å². The summed E-state index contributed by atoms with van der Waals surface area (Å²) in [6.45, 7) is 8.54. The average Bonchev–Trinajstić information content (AvgIpc) is 2.74. The molecule has 0 saturated carbocycles. The van der Waals surface area contributed by atoms with Crippen molar-refractivity contribution in [2.24, 2.45) is 0 Å². The zero-order valence-electron chi connectivity index (χ0n) is 19.0. The monoisotopic (exact) mass is 463 g/mol. The van der Waals surface area contributed by atoms with Crippen molar-refractivity contribution in [2.45, 2.75) is 45.5 Å². The van der Waals surface area contributed by atoms with E-state index < -0.39 is 23.1 Å². The summed E-state index contributed by atoms with van der Waals surface area (Å²) >= 11 is 0. The molecule has 2 aromatic rings. The van der Waals surface area contributed by atoms with Gasteiger partial charge < -0.3 is 9.64 Å². The molecule has 3 rings (SSSR count). The Morgan fingerprint density at radius 1 is 1.00 bits per heavy atom. The van der Waals surface area contributed by atoms with Crippen molar-refractivity contribution in [3.8, 4) is 0 Å². The molecule has 1 aliphatic rings. The second-order valence-electron chi connectivity index (χ2n) is 9.04. The summed E-state index contributed by atoms with van der Waals surface area (Å²) in [6, 6.07) is 8.29. The molecule has 9 heteroatoms. The highest BCUT2D eigenvalue weighted by atomic mass is 19.4. The van der Waals surface area contributed by atoms with Crippen molar-refractivity contribution < 1.29 is 27.5 Å². The second kappa shape index (κ2) is 9.91. The van der Waals surface area contributed by atoms with Crippen molar-refractivity contribution in [1.82, 2.24) is 14.8 Å². The van der Waals surface area contributed by atoms with Gasteiger partial charge in [0.05, 0.1) is 11.3 Å². The number of amides is 1. The first-order valence-corrected chi connectivity index (χ1v) is 10.8. The Hall–Kier alpha value is -2.94. The quantitative estimate of drug-likeness (QED) is 0.608. The van der Waals surface area contributed by atoms with Crippen molar-refractivity contribution in [2.75, 3.05) is 26.2 Å². The molecule has 0 atom stereocenters. The van der Waals surface area contributed by atoms with E-state index in [1.807, 2.05) is 20.8 Å². The van der Waals surface area contributed by atoms with Crippen LogP contribution in [-0.2, 0) is 23.9 Å². The van der Waals surface area contributed by atoms with Crippen molar-refractivity contribution >= 4 is 11.9 Å². The summed E-state index contributed by atoms with van der Waals surface area (Å²) in [5.74, 6) is -0.601. The molecule has 0 bridgehead atoms. The molecule has 33 heavy (non-hydrogen) atoms. The van der Waals surface area contributed by atoms with E-state index in [9.17, 15) is 22.8 Å². The summed E-state index contributed by atoms with van der Waals surface area (Å²) in [5, 5.41) is 0. The number of hydrogen-bond acceptors (Lipinski definition) is 5. The highest BCUT2D eigenvalue weighted by molar-refractivity contribution is 5.99. The number of aromatic nitrogens is 1. The summed E-state index contributed by atoms with van der Waals surface area (Å²) < 4.78 is 44.9. The van der Waals surface area contributed by atoms with E-state index in [2.05, 4.69) is 9.88 Å². The summed E-state index contributed by atoms with van der Waals surface area (Å²) in [4.78, 5) is 32.9. The van der Waals surface area contributed by atoms with E-state index in [4.69, 9.17) is 4.74 Å². The lowest BCUT2D eigenvalue weighted by Gasteiger charge is -2.35. The zero-order chi connectivity index (χ0) is 24.2. The number of ether oxygens (including phenoxy) is 1. The summed E-state index contributed by atoms with van der Waals surface area (Å²) in [7, 11) is 0. The van der Waals surface area contributed by atoms with Crippen LogP contribution in [0.25, 0.3) is 0 Å². The smallest absolute Gasteiger partial charge is 0.417 e. The highest BCUT2D eigenvalue weighted by Gasteiger charge is 2.34. The van der Waals surface area contributed by atoms with Crippen LogP contribution in [0.1, 0.15) is 48.0 Å². The Labute approximate surface area is 191 Å². The third-order valence-electron chi connectivity index (χ3n) is 5.19. The normalized spacial score (nSPS) is 15.4. The topological polar surface area (TPSA) is 62.7 Å². The molecular weight excluding hydrogens is 435 g/mol. The molecule has 1 amide bonds. The Balaban J connectivity index is 1.54. The van der Waals surface area contributed by atoms with Crippen LogP contribution in [-0.4, -0.2) is 58.4 Å². The third kappa shape index (κ3) is 7.02. The first-order valence-electron chi connectivity index (χ1n) is 10.8. The summed E-state index contributed by atoms with van der Waals surface area (Å²) in [6.07, 6.45) is -3.53. The number of carbonyl (C=O) groups is 2. The number of Topliss-reactive ketones (excluding diaryl/α,β-unsaturated/α-hetero) is 1. The zero-order valence-corrected chi connectivity index (χ0v) is 19.0. The van der Waals surface area contributed by atoms with E-state index in [-0.39, 0.29) is 18.1 Å². The van der Waals surface area contributed by atoms with Crippen LogP contribution in [0.2, 0.25) is 0 Å². The SMILES string of the molecule is CC(C)(C)OC(=O)N1CCN(Cc2ccc(CC(=O)c3ccccc3C(F)(F)F)cn2)CC1. The standard InChI is InChI=1S/C24H28F3N3O3/c1-23(2,3)33-22(32)30-12-10-29(11-13-30)16-18-9-8-17(15-28-18)14-21(31)19-6-4-5-7-20(19)24(25,26)27/h4-9,15H,10-14,16H2,1-3H3. The van der Waals surface area contributed by atoms with Gasteiger partial charge in [-0.25, -0.2) is 4.79 Å². The van der Waals surface area contributed by atoms with Gasteiger partial charge in [-0.1, -0.05) is 24.3 Å². The number of pyridine rings is 1. The minimum Gasteiger partial charge on any atom is -0.444 e. The minimum absolute atomic E-state index is 0.158. The summed E-state index contributed by atoms with van der Waals surface area (Å²) in [5.41, 5.74) is -0.457. The Morgan fingerprint density at radius 2 is 1.67 bits per heavy atom. The first-order chi connectivity index (χ1) is 15.4. The first kappa shape index (κ1) is 24.7. The van der Waals surface area contributed by atoms with Crippen LogP contribution < -0.4 is 0 Å². The number of hydrogen-bond donors (Lipinski definition) is 0. The average molecular weight is 464 g/mol. The largest absolute Gasteiger partial charge is 0.444 e. The Bertz CT molecular complexity index is 977. The van der Waals surface area contributed by atoms with Crippen LogP contribution in [0.15, 0.2) is 42.6 Å². The van der Waals surface area contributed by atoms with Gasteiger partial charge in [0, 0.05) is 50.9 Å². The lowest BCUT2D eigenvalue weighted by atomic mass is 9.99. The maximum atomic E-state index is 13.2. The number of benzene rings is 1. The van der Waals surface area contributed by atoms with Crippen LogP contribution in [0.5, 0.6) is 0 Å². The van der Waals surface area contributed by atoms with Crippen LogP contribution in [0.4, 0.5) is 18.0 Å².